The molecule has 4 aromatic heterocycles. The van der Waals surface area contributed by atoms with Gasteiger partial charge < -0.3 is 38.9 Å². The second-order valence-electron chi connectivity index (χ2n) is 10.8. The van der Waals surface area contributed by atoms with Crippen LogP contribution in [0.3, 0.4) is 0 Å². The fourth-order valence-corrected chi connectivity index (χ4v) is 7.83. The predicted octanol–water partition coefficient (Wildman–Crippen LogP) is -0.343. The lowest BCUT2D eigenvalue weighted by Crippen LogP contribution is -2.37. The molecular weight excluding hydrogens is 658 g/mol. The number of rotatable bonds is 3. The van der Waals surface area contributed by atoms with E-state index in [1.807, 2.05) is 0 Å². The second kappa shape index (κ2) is 11.5. The summed E-state index contributed by atoms with van der Waals surface area (Å²) in [7, 11) is -6.65. The zero-order chi connectivity index (χ0) is 32.5. The molecule has 20 nitrogen and oxygen atoms in total. The standard InChI is InChI=1S/C22H27BFN9O11P2/c1-8-30-19-13(20(34)31-8)29-7-33(19)22-16-15(38-2)10(42-22)3-39-45(23,35)43-14-9(4-40-46(36,37)44-16)41-21(11(14)24)32-6-28-12-17(25)26-5-27-18(12)32/h5-7,9-11,14-16,21-22H,3-4,23H2,1-2H3,(H,36,37)(H2,25,26,27)(H,30,31,34)/t9?,10?,11?,14?,15?,16?,21?,22?,45-/m0/s1. The number of nitrogen functional groups attached to an aromatic ring is 1. The van der Waals surface area contributed by atoms with E-state index >= 15 is 4.39 Å². The van der Waals surface area contributed by atoms with Gasteiger partial charge >= 0.3 is 7.82 Å². The van der Waals surface area contributed by atoms with Crippen molar-refractivity contribution in [2.75, 3.05) is 26.1 Å². The molecule has 7 rings (SSSR count). The van der Waals surface area contributed by atoms with E-state index in [1.165, 1.54) is 28.9 Å². The topological polar surface area (TPSA) is 252 Å². The molecule has 3 fully saturated rings. The van der Waals surface area contributed by atoms with Crippen molar-refractivity contribution in [1.82, 2.24) is 39.0 Å². The Bertz CT molecular complexity index is 1960. The van der Waals surface area contributed by atoms with Gasteiger partial charge in [-0.1, -0.05) is 0 Å². The monoisotopic (exact) mass is 685 g/mol. The number of alkyl halides is 1. The number of aryl methyl sites for hydroxylation is 1. The van der Waals surface area contributed by atoms with Crippen LogP contribution in [-0.4, -0.2) is 109 Å². The number of fused-ring (bicyclic) bond motifs is 5. The van der Waals surface area contributed by atoms with Crippen LogP contribution in [0.15, 0.2) is 23.8 Å². The lowest BCUT2D eigenvalue weighted by molar-refractivity contribution is -0.0630. The summed E-state index contributed by atoms with van der Waals surface area (Å²) in [5.74, 6) is 0.325. The highest BCUT2D eigenvalue weighted by atomic mass is 31.2. The maximum Gasteiger partial charge on any atom is 0.472 e. The number of phosphoric acid groups is 1. The number of nitrogens with two attached hydrogens (primary N) is 1. The molecule has 4 N–H and O–H groups in total. The predicted molar refractivity (Wildman–Crippen MR) is 154 cm³/mol. The molecule has 10 atom stereocenters. The highest BCUT2D eigenvalue weighted by molar-refractivity contribution is 7.79. The minimum Gasteiger partial charge on any atom is -0.382 e. The fourth-order valence-electron chi connectivity index (χ4n) is 5.73. The van der Waals surface area contributed by atoms with Crippen LogP contribution < -0.4 is 11.3 Å². The summed E-state index contributed by atoms with van der Waals surface area (Å²) >= 11 is 0. The molecule has 3 aliphatic heterocycles. The van der Waals surface area contributed by atoms with Crippen molar-refractivity contribution in [2.24, 2.45) is 0 Å². The third-order valence-electron chi connectivity index (χ3n) is 7.75. The Balaban J connectivity index is 1.22. The molecule has 3 saturated heterocycles. The maximum absolute atomic E-state index is 16.1. The van der Waals surface area contributed by atoms with Gasteiger partial charge in [-0.2, -0.15) is 0 Å². The Kier molecular flexibility index (Phi) is 7.87. The highest BCUT2D eigenvalue weighted by Crippen LogP contribution is 2.54. The van der Waals surface area contributed by atoms with Gasteiger partial charge in [0.05, 0.1) is 25.9 Å². The van der Waals surface area contributed by atoms with Gasteiger partial charge in [0, 0.05) is 7.11 Å². The number of aromatic amines is 1. The molecule has 9 unspecified atom stereocenters. The minimum atomic E-state index is -5.00. The number of H-pyrrole nitrogens is 1. The summed E-state index contributed by atoms with van der Waals surface area (Å²) in [5.41, 5.74) is 5.75. The molecule has 0 spiro atoms. The number of nitrogens with one attached hydrogen (secondary N) is 1. The van der Waals surface area contributed by atoms with Crippen molar-refractivity contribution in [3.63, 3.8) is 0 Å². The first-order valence-electron chi connectivity index (χ1n) is 13.8. The van der Waals surface area contributed by atoms with Gasteiger partial charge in [0.15, 0.2) is 41.3 Å². The van der Waals surface area contributed by atoms with Crippen LogP contribution in [0.5, 0.6) is 0 Å². The van der Waals surface area contributed by atoms with E-state index in [2.05, 4.69) is 29.9 Å². The Morgan fingerprint density at radius 3 is 2.48 bits per heavy atom. The smallest absolute Gasteiger partial charge is 0.382 e. The molecule has 0 aromatic carbocycles. The van der Waals surface area contributed by atoms with Gasteiger partial charge in [-0.25, -0.2) is 33.9 Å². The van der Waals surface area contributed by atoms with Crippen LogP contribution in [0.1, 0.15) is 18.3 Å². The molecule has 7 heterocycles. The maximum atomic E-state index is 16.1. The summed E-state index contributed by atoms with van der Waals surface area (Å²) in [5, 5.41) is 0. The Labute approximate surface area is 258 Å². The number of hydrogen-bond donors (Lipinski definition) is 3. The summed E-state index contributed by atoms with van der Waals surface area (Å²) < 4.78 is 85.4. The number of aromatic nitrogens is 8. The third-order valence-corrected chi connectivity index (χ3v) is 9.98. The van der Waals surface area contributed by atoms with E-state index in [-0.39, 0.29) is 34.0 Å². The Hall–Kier alpha value is -3.17. The number of imidazole rings is 2. The molecule has 0 radical (unpaired) electrons. The number of ether oxygens (including phenoxy) is 3. The lowest BCUT2D eigenvalue weighted by atomic mass is 10.1. The van der Waals surface area contributed by atoms with Gasteiger partial charge in [-0.15, -0.1) is 0 Å². The number of hydrogen-bond acceptors (Lipinski definition) is 16. The van der Waals surface area contributed by atoms with Crippen molar-refractivity contribution in [2.45, 2.75) is 56.1 Å². The van der Waals surface area contributed by atoms with Crippen molar-refractivity contribution < 1.29 is 50.7 Å². The van der Waals surface area contributed by atoms with Crippen LogP contribution in [-0.2, 0) is 41.4 Å². The first-order valence-corrected chi connectivity index (χ1v) is 17.2. The van der Waals surface area contributed by atoms with Crippen molar-refractivity contribution in [1.29, 1.82) is 0 Å². The number of anilines is 1. The molecule has 0 aliphatic carbocycles. The number of methoxy groups -OCH3 is 1. The summed E-state index contributed by atoms with van der Waals surface area (Å²) in [6.07, 6.45) is -7.62. The lowest BCUT2D eigenvalue weighted by Gasteiger charge is -2.26. The van der Waals surface area contributed by atoms with E-state index in [0.717, 1.165) is 13.9 Å². The quantitative estimate of drug-likeness (QED) is 0.184. The molecule has 24 heteroatoms. The van der Waals surface area contributed by atoms with E-state index in [0.29, 0.717) is 0 Å². The first-order chi connectivity index (χ1) is 21.9. The second-order valence-corrected chi connectivity index (χ2v) is 14.2. The largest absolute Gasteiger partial charge is 0.472 e. The van der Waals surface area contributed by atoms with E-state index in [1.54, 1.807) is 6.92 Å². The van der Waals surface area contributed by atoms with Gasteiger partial charge in [-0.3, -0.25) is 27.5 Å². The van der Waals surface area contributed by atoms with Crippen LogP contribution in [0, 0.1) is 6.92 Å². The highest BCUT2D eigenvalue weighted by Gasteiger charge is 2.54. The van der Waals surface area contributed by atoms with Crippen LogP contribution >= 0.6 is 15.3 Å². The zero-order valence-electron chi connectivity index (χ0n) is 24.3. The first kappa shape index (κ1) is 31.4. The van der Waals surface area contributed by atoms with Crippen molar-refractivity contribution in [3.05, 3.63) is 35.2 Å². The van der Waals surface area contributed by atoms with Gasteiger partial charge in [0.1, 0.15) is 48.2 Å². The molecule has 0 amide bonds. The third kappa shape index (κ3) is 5.47. The van der Waals surface area contributed by atoms with Crippen molar-refractivity contribution >= 4 is 51.0 Å². The minimum absolute atomic E-state index is 0.0227. The number of halogens is 1. The molecule has 46 heavy (non-hydrogen) atoms. The average molecular weight is 685 g/mol. The number of phosphoric ester groups is 1. The van der Waals surface area contributed by atoms with Crippen LogP contribution in [0.4, 0.5) is 10.2 Å². The molecular formula is C22H27BFN9O11P2. The fraction of sp³-hybridized carbons (Fsp3) is 0.545. The SMILES string of the molecule is B[P@]1(=O)OCC2OC(n3cnc4c(=O)[nH]c(C)nc43)C(OP(=O)(O)OCC3OC(n4cnc5c(N)ncnc54)C(F)C3O1)C2OC. The summed E-state index contributed by atoms with van der Waals surface area (Å²) in [6.45, 7) is 0.370. The van der Waals surface area contributed by atoms with Gasteiger partial charge in [0.2, 0.25) is 0 Å². The van der Waals surface area contributed by atoms with E-state index < -0.39 is 83.2 Å². The Morgan fingerprint density at radius 2 is 1.72 bits per heavy atom. The van der Waals surface area contributed by atoms with E-state index in [4.69, 9.17) is 38.0 Å². The van der Waals surface area contributed by atoms with Crippen LogP contribution in [0.25, 0.3) is 22.3 Å². The summed E-state index contributed by atoms with van der Waals surface area (Å²) in [6, 6.07) is 0. The van der Waals surface area contributed by atoms with Gasteiger partial charge in [0.25, 0.3) is 20.6 Å². The normalized spacial score (nSPS) is 37.1. The average Bonchev–Trinajstić information content (AvgIpc) is 3.75. The summed E-state index contributed by atoms with van der Waals surface area (Å²) in [4.78, 5) is 46.4. The molecule has 246 valence electrons. The van der Waals surface area contributed by atoms with Crippen molar-refractivity contribution in [3.8, 4) is 0 Å². The number of nitrogens with zero attached hydrogens (tertiary/aromatic N) is 7. The Morgan fingerprint density at radius 1 is 1.02 bits per heavy atom. The molecule has 0 saturated carbocycles. The zero-order valence-corrected chi connectivity index (χ0v) is 26.1. The van der Waals surface area contributed by atoms with Crippen LogP contribution in [0.2, 0.25) is 0 Å². The molecule has 3 aliphatic rings. The van der Waals surface area contributed by atoms with Gasteiger partial charge in [-0.05, 0) is 6.92 Å². The molecule has 4 aromatic rings. The van der Waals surface area contributed by atoms with E-state index in [9.17, 15) is 18.8 Å². The molecule has 2 bridgehead atoms.